The summed E-state index contributed by atoms with van der Waals surface area (Å²) in [6, 6.07) is 13.7. The summed E-state index contributed by atoms with van der Waals surface area (Å²) < 4.78 is 2.64. The second-order valence-corrected chi connectivity index (χ2v) is 7.31. The molecule has 0 spiro atoms. The minimum atomic E-state index is -0.235. The number of rotatable bonds is 6. The SMILES string of the molecule is O=C(CNc1c(Br)cc(Br)cc1Br)N/N=C\C=C\c1ccccc1. The van der Waals surface area contributed by atoms with Crippen LogP contribution in [0.2, 0.25) is 0 Å². The van der Waals surface area contributed by atoms with Gasteiger partial charge in [0.05, 0.1) is 12.2 Å². The molecule has 0 aliphatic carbocycles. The minimum absolute atomic E-state index is 0.110. The molecular formula is C17H14Br3N3O. The van der Waals surface area contributed by atoms with E-state index in [1.165, 1.54) is 6.21 Å². The van der Waals surface area contributed by atoms with Gasteiger partial charge in [-0.3, -0.25) is 4.79 Å². The van der Waals surface area contributed by atoms with E-state index >= 15 is 0 Å². The zero-order valence-electron chi connectivity index (χ0n) is 12.5. The van der Waals surface area contributed by atoms with Crippen molar-refractivity contribution in [3.8, 4) is 0 Å². The monoisotopic (exact) mass is 513 g/mol. The van der Waals surface area contributed by atoms with Gasteiger partial charge in [-0.2, -0.15) is 5.10 Å². The van der Waals surface area contributed by atoms with Gasteiger partial charge in [-0.25, -0.2) is 5.43 Å². The molecule has 0 aliphatic heterocycles. The topological polar surface area (TPSA) is 53.5 Å². The van der Waals surface area contributed by atoms with Crippen molar-refractivity contribution < 1.29 is 4.79 Å². The first-order valence-electron chi connectivity index (χ1n) is 6.98. The number of benzene rings is 2. The molecule has 24 heavy (non-hydrogen) atoms. The number of nitrogens with one attached hydrogen (secondary N) is 2. The lowest BCUT2D eigenvalue weighted by Gasteiger charge is -2.10. The third-order valence-corrected chi connectivity index (χ3v) is 4.58. The lowest BCUT2D eigenvalue weighted by Crippen LogP contribution is -2.26. The van der Waals surface area contributed by atoms with Gasteiger partial charge in [0.1, 0.15) is 0 Å². The minimum Gasteiger partial charge on any atom is -0.374 e. The van der Waals surface area contributed by atoms with Crippen LogP contribution in [0.15, 0.2) is 67.1 Å². The van der Waals surface area contributed by atoms with Gasteiger partial charge in [-0.15, -0.1) is 0 Å². The molecule has 7 heteroatoms. The van der Waals surface area contributed by atoms with E-state index < -0.39 is 0 Å². The quantitative estimate of drug-likeness (QED) is 0.410. The van der Waals surface area contributed by atoms with Crippen LogP contribution >= 0.6 is 47.8 Å². The van der Waals surface area contributed by atoms with E-state index in [-0.39, 0.29) is 12.5 Å². The Morgan fingerprint density at radius 1 is 1.08 bits per heavy atom. The average Bonchev–Trinajstić information content (AvgIpc) is 2.54. The molecule has 1 amide bonds. The Morgan fingerprint density at radius 3 is 2.42 bits per heavy atom. The summed E-state index contributed by atoms with van der Waals surface area (Å²) in [6.45, 7) is 0.110. The van der Waals surface area contributed by atoms with Gasteiger partial charge in [-0.1, -0.05) is 52.3 Å². The van der Waals surface area contributed by atoms with E-state index in [2.05, 4.69) is 63.6 Å². The van der Waals surface area contributed by atoms with Crippen LogP contribution in [0.1, 0.15) is 5.56 Å². The number of nitrogens with zero attached hydrogens (tertiary/aromatic N) is 1. The number of carbonyl (C=O) groups is 1. The largest absolute Gasteiger partial charge is 0.374 e. The highest BCUT2D eigenvalue weighted by Gasteiger charge is 2.08. The Kier molecular flexibility index (Phi) is 7.68. The Morgan fingerprint density at radius 2 is 1.75 bits per heavy atom. The second-order valence-electron chi connectivity index (χ2n) is 4.68. The van der Waals surface area contributed by atoms with E-state index in [1.54, 1.807) is 6.08 Å². The van der Waals surface area contributed by atoms with Crippen molar-refractivity contribution in [1.29, 1.82) is 0 Å². The number of halogens is 3. The van der Waals surface area contributed by atoms with Crippen LogP contribution in [-0.2, 0) is 4.79 Å². The molecule has 0 saturated heterocycles. The normalized spacial score (nSPS) is 11.1. The van der Waals surface area contributed by atoms with Gasteiger partial charge < -0.3 is 5.32 Å². The van der Waals surface area contributed by atoms with Gasteiger partial charge in [-0.05, 0) is 55.6 Å². The molecule has 0 heterocycles. The highest BCUT2D eigenvalue weighted by molar-refractivity contribution is 9.11. The lowest BCUT2D eigenvalue weighted by molar-refractivity contribution is -0.119. The Bertz CT molecular complexity index is 738. The summed E-state index contributed by atoms with van der Waals surface area (Å²) in [5.74, 6) is -0.235. The molecule has 2 N–H and O–H groups in total. The predicted octanol–water partition coefficient (Wildman–Crippen LogP) is 5.20. The maximum Gasteiger partial charge on any atom is 0.259 e. The molecule has 0 aromatic heterocycles. The fourth-order valence-corrected chi connectivity index (χ4v) is 4.33. The number of anilines is 1. The van der Waals surface area contributed by atoms with Crippen LogP contribution in [0.5, 0.6) is 0 Å². The van der Waals surface area contributed by atoms with Crippen LogP contribution < -0.4 is 10.7 Å². The van der Waals surface area contributed by atoms with E-state index in [4.69, 9.17) is 0 Å². The van der Waals surface area contributed by atoms with Crippen molar-refractivity contribution in [2.45, 2.75) is 0 Å². The van der Waals surface area contributed by atoms with Crippen molar-refractivity contribution in [3.63, 3.8) is 0 Å². The number of hydrogen-bond donors (Lipinski definition) is 2. The van der Waals surface area contributed by atoms with Crippen LogP contribution in [-0.4, -0.2) is 18.7 Å². The van der Waals surface area contributed by atoms with E-state index in [0.717, 1.165) is 24.7 Å². The van der Waals surface area contributed by atoms with Gasteiger partial charge in [0, 0.05) is 19.6 Å². The van der Waals surface area contributed by atoms with Crippen LogP contribution in [0.25, 0.3) is 6.08 Å². The Balaban J connectivity index is 1.80. The molecule has 0 radical (unpaired) electrons. The van der Waals surface area contributed by atoms with Crippen molar-refractivity contribution in [1.82, 2.24) is 5.43 Å². The molecule has 4 nitrogen and oxygen atoms in total. The summed E-state index contributed by atoms with van der Waals surface area (Å²) in [7, 11) is 0. The summed E-state index contributed by atoms with van der Waals surface area (Å²) in [5, 5.41) is 6.93. The third-order valence-electron chi connectivity index (χ3n) is 2.87. The van der Waals surface area contributed by atoms with Gasteiger partial charge >= 0.3 is 0 Å². The average molecular weight is 516 g/mol. The fraction of sp³-hybridized carbons (Fsp3) is 0.0588. The molecule has 0 bridgehead atoms. The van der Waals surface area contributed by atoms with E-state index in [9.17, 15) is 4.79 Å². The smallest absolute Gasteiger partial charge is 0.259 e. The fourth-order valence-electron chi connectivity index (χ4n) is 1.79. The van der Waals surface area contributed by atoms with Crippen molar-refractivity contribution in [2.75, 3.05) is 11.9 Å². The van der Waals surface area contributed by atoms with E-state index in [0.29, 0.717) is 0 Å². The Labute approximate surface area is 165 Å². The van der Waals surface area contributed by atoms with Crippen LogP contribution in [0.4, 0.5) is 5.69 Å². The number of amides is 1. The number of hydrogen-bond acceptors (Lipinski definition) is 3. The predicted molar refractivity (Wildman–Crippen MR) is 110 cm³/mol. The molecule has 0 fully saturated rings. The third kappa shape index (κ3) is 6.22. The zero-order valence-corrected chi connectivity index (χ0v) is 17.2. The second kappa shape index (κ2) is 9.76. The first-order valence-corrected chi connectivity index (χ1v) is 9.36. The van der Waals surface area contributed by atoms with Crippen molar-refractivity contribution in [2.24, 2.45) is 5.10 Å². The molecule has 124 valence electrons. The first-order chi connectivity index (χ1) is 11.6. The number of hydrazone groups is 1. The molecule has 2 rings (SSSR count). The van der Waals surface area contributed by atoms with Crippen molar-refractivity contribution in [3.05, 3.63) is 67.5 Å². The van der Waals surface area contributed by atoms with Crippen molar-refractivity contribution >= 4 is 71.7 Å². The highest BCUT2D eigenvalue weighted by Crippen LogP contribution is 2.34. The molecule has 2 aromatic rings. The molecule has 0 unspecified atom stereocenters. The maximum absolute atomic E-state index is 11.8. The number of allylic oxidation sites excluding steroid dienone is 1. The van der Waals surface area contributed by atoms with Crippen LogP contribution in [0.3, 0.4) is 0 Å². The maximum atomic E-state index is 11.8. The van der Waals surface area contributed by atoms with Gasteiger partial charge in [0.15, 0.2) is 0 Å². The molecule has 0 atom stereocenters. The van der Waals surface area contributed by atoms with Crippen LogP contribution in [0, 0.1) is 0 Å². The number of carbonyl (C=O) groups excluding carboxylic acids is 1. The summed E-state index contributed by atoms with van der Waals surface area (Å²) in [6.07, 6.45) is 5.21. The summed E-state index contributed by atoms with van der Waals surface area (Å²) in [4.78, 5) is 11.8. The first kappa shape index (κ1) is 18.9. The zero-order chi connectivity index (χ0) is 17.4. The van der Waals surface area contributed by atoms with E-state index in [1.807, 2.05) is 48.5 Å². The standard InChI is InChI=1S/C17H14Br3N3O/c18-13-9-14(19)17(15(20)10-13)21-11-16(24)23-22-8-4-7-12-5-2-1-3-6-12/h1-10,21H,11H2,(H,23,24)/b7-4+,22-8-. The van der Waals surface area contributed by atoms with Gasteiger partial charge in [0.2, 0.25) is 0 Å². The highest BCUT2D eigenvalue weighted by atomic mass is 79.9. The molecular weight excluding hydrogens is 502 g/mol. The summed E-state index contributed by atoms with van der Waals surface area (Å²) >= 11 is 10.3. The van der Waals surface area contributed by atoms with Gasteiger partial charge in [0.25, 0.3) is 5.91 Å². The lowest BCUT2D eigenvalue weighted by atomic mass is 10.2. The molecule has 0 saturated carbocycles. The molecule has 0 aliphatic rings. The molecule has 2 aromatic carbocycles. The Hall–Kier alpha value is -1.44. The summed E-state index contributed by atoms with van der Waals surface area (Å²) in [5.41, 5.74) is 4.34.